The van der Waals surface area contributed by atoms with Crippen molar-refractivity contribution >= 4 is 28.7 Å². The Morgan fingerprint density at radius 3 is 2.42 bits per heavy atom. The first-order chi connectivity index (χ1) is 14.7. The molecule has 0 spiro atoms. The van der Waals surface area contributed by atoms with Gasteiger partial charge < -0.3 is 15.2 Å². The first-order valence-corrected chi connectivity index (χ1v) is 9.70. The number of fused-ring (bicyclic) bond motifs is 1. The average Bonchev–Trinajstić information content (AvgIpc) is 2.97. The summed E-state index contributed by atoms with van der Waals surface area (Å²) < 4.78 is 20.9. The normalized spacial score (nSPS) is 10.8. The Morgan fingerprint density at radius 1 is 1.13 bits per heavy atom. The van der Waals surface area contributed by atoms with E-state index in [0.29, 0.717) is 27.7 Å². The molecule has 0 aliphatic heterocycles. The van der Waals surface area contributed by atoms with Crippen LogP contribution >= 0.6 is 0 Å². The Kier molecular flexibility index (Phi) is 6.39. The van der Waals surface area contributed by atoms with Crippen LogP contribution in [0.1, 0.15) is 33.6 Å². The van der Waals surface area contributed by atoms with Gasteiger partial charge in [0.25, 0.3) is 5.91 Å². The minimum atomic E-state index is -1.02. The maximum atomic E-state index is 14.5. The Morgan fingerprint density at radius 2 is 1.81 bits per heavy atom. The van der Waals surface area contributed by atoms with Gasteiger partial charge in [-0.15, -0.1) is 0 Å². The van der Waals surface area contributed by atoms with Gasteiger partial charge in [-0.1, -0.05) is 17.7 Å². The highest BCUT2D eigenvalue weighted by atomic mass is 19.1. The zero-order chi connectivity index (χ0) is 22.7. The Labute approximate surface area is 178 Å². The fraction of sp³-hybridized carbons (Fsp3) is 0.261. The van der Waals surface area contributed by atoms with Crippen LogP contribution in [-0.2, 0) is 16.0 Å². The quantitative estimate of drug-likeness (QED) is 0.605. The van der Waals surface area contributed by atoms with Gasteiger partial charge in [-0.25, -0.2) is 4.39 Å². The number of amides is 1. The molecule has 1 amide bonds. The van der Waals surface area contributed by atoms with E-state index in [1.807, 2.05) is 19.1 Å². The second kappa shape index (κ2) is 8.99. The summed E-state index contributed by atoms with van der Waals surface area (Å²) in [7, 11) is 1.34. The van der Waals surface area contributed by atoms with Crippen LogP contribution in [0.3, 0.4) is 0 Å². The van der Waals surface area contributed by atoms with E-state index in [1.54, 1.807) is 19.1 Å². The van der Waals surface area contributed by atoms with Gasteiger partial charge in [-0.05, 0) is 37.6 Å². The molecule has 0 radical (unpaired) electrons. The number of hydrogen-bond donors (Lipinski definition) is 2. The standard InChI is InChI=1S/C23H23FN2O5/c1-13-4-6-15(7-5-13)23(30)26-14(2)16(11-21(27)25-9-8-22(28)29)17-10-20(31-3)18(24)12-19(17)26/h4-7,10,12H,8-9,11H2,1-3H3,(H,25,27)(H,28,29). The van der Waals surface area contributed by atoms with Gasteiger partial charge >= 0.3 is 5.97 Å². The highest BCUT2D eigenvalue weighted by Crippen LogP contribution is 2.32. The minimum Gasteiger partial charge on any atom is -0.494 e. The fourth-order valence-electron chi connectivity index (χ4n) is 3.48. The Hall–Kier alpha value is -3.68. The number of carboxylic acids is 1. The van der Waals surface area contributed by atoms with Gasteiger partial charge in [0.1, 0.15) is 0 Å². The number of aliphatic carboxylic acids is 1. The van der Waals surface area contributed by atoms with Gasteiger partial charge in [0.05, 0.1) is 25.5 Å². The van der Waals surface area contributed by atoms with Crippen molar-refractivity contribution in [2.24, 2.45) is 0 Å². The van der Waals surface area contributed by atoms with E-state index in [1.165, 1.54) is 23.8 Å². The lowest BCUT2D eigenvalue weighted by Crippen LogP contribution is -2.27. The summed E-state index contributed by atoms with van der Waals surface area (Å²) in [5.74, 6) is -2.38. The van der Waals surface area contributed by atoms with Gasteiger partial charge in [0.2, 0.25) is 5.91 Å². The van der Waals surface area contributed by atoms with Crippen molar-refractivity contribution in [1.29, 1.82) is 0 Å². The number of nitrogens with zero attached hydrogens (tertiary/aromatic N) is 1. The second-order valence-corrected chi connectivity index (χ2v) is 7.24. The molecule has 0 bridgehead atoms. The number of hydrogen-bond acceptors (Lipinski definition) is 4. The monoisotopic (exact) mass is 426 g/mol. The highest BCUT2D eigenvalue weighted by Gasteiger charge is 2.23. The molecule has 0 atom stereocenters. The van der Waals surface area contributed by atoms with Gasteiger partial charge in [-0.2, -0.15) is 0 Å². The third kappa shape index (κ3) is 4.58. The number of nitrogens with one attached hydrogen (secondary N) is 1. The van der Waals surface area contributed by atoms with Crippen molar-refractivity contribution in [2.75, 3.05) is 13.7 Å². The molecule has 1 aromatic heterocycles. The smallest absolute Gasteiger partial charge is 0.305 e. The van der Waals surface area contributed by atoms with Crippen LogP contribution in [0.2, 0.25) is 0 Å². The number of halogens is 1. The molecule has 0 saturated carbocycles. The third-order valence-electron chi connectivity index (χ3n) is 5.11. The summed E-state index contributed by atoms with van der Waals surface area (Å²) in [6, 6.07) is 9.71. The molecule has 0 fully saturated rings. The SMILES string of the molecule is COc1cc2c(CC(=O)NCCC(=O)O)c(C)n(C(=O)c3ccc(C)cc3)c2cc1F. The predicted octanol–water partition coefficient (Wildman–Crippen LogP) is 3.23. The number of rotatable bonds is 7. The predicted molar refractivity (Wildman–Crippen MR) is 113 cm³/mol. The minimum absolute atomic E-state index is 0.0000275. The van der Waals surface area contributed by atoms with Crippen LogP contribution in [0.4, 0.5) is 4.39 Å². The number of methoxy groups -OCH3 is 1. The maximum Gasteiger partial charge on any atom is 0.305 e. The van der Waals surface area contributed by atoms with E-state index in [0.717, 1.165) is 5.56 Å². The maximum absolute atomic E-state index is 14.5. The number of aryl methyl sites for hydroxylation is 1. The van der Waals surface area contributed by atoms with E-state index >= 15 is 0 Å². The van der Waals surface area contributed by atoms with Crippen molar-refractivity contribution in [1.82, 2.24) is 9.88 Å². The van der Waals surface area contributed by atoms with Crippen LogP contribution in [-0.4, -0.2) is 41.1 Å². The molecule has 31 heavy (non-hydrogen) atoms. The lowest BCUT2D eigenvalue weighted by molar-refractivity contribution is -0.136. The molecule has 2 N–H and O–H groups in total. The zero-order valence-corrected chi connectivity index (χ0v) is 17.5. The first kappa shape index (κ1) is 22.0. The van der Waals surface area contributed by atoms with Crippen LogP contribution in [0, 0.1) is 19.7 Å². The van der Waals surface area contributed by atoms with Crippen LogP contribution in [0.25, 0.3) is 10.9 Å². The molecule has 0 saturated heterocycles. The third-order valence-corrected chi connectivity index (χ3v) is 5.11. The summed E-state index contributed by atoms with van der Waals surface area (Å²) in [5, 5.41) is 11.8. The van der Waals surface area contributed by atoms with Gasteiger partial charge in [-0.3, -0.25) is 19.0 Å². The molecular weight excluding hydrogens is 403 g/mol. The number of carbonyl (C=O) groups is 3. The number of ether oxygens (including phenoxy) is 1. The summed E-state index contributed by atoms with van der Waals surface area (Å²) in [6.07, 6.45) is -0.289. The highest BCUT2D eigenvalue weighted by molar-refractivity contribution is 6.05. The van der Waals surface area contributed by atoms with Crippen molar-refractivity contribution < 1.29 is 28.6 Å². The van der Waals surface area contributed by atoms with Crippen molar-refractivity contribution in [3.05, 3.63) is 64.6 Å². The van der Waals surface area contributed by atoms with E-state index in [9.17, 15) is 18.8 Å². The molecule has 0 unspecified atom stereocenters. The molecule has 162 valence electrons. The van der Waals surface area contributed by atoms with Crippen LogP contribution in [0.15, 0.2) is 36.4 Å². The summed E-state index contributed by atoms with van der Waals surface area (Å²) in [4.78, 5) is 36.3. The van der Waals surface area contributed by atoms with Gasteiger partial charge in [0.15, 0.2) is 11.6 Å². The van der Waals surface area contributed by atoms with Crippen molar-refractivity contribution in [3.63, 3.8) is 0 Å². The Bertz CT molecular complexity index is 1170. The molecule has 2 aromatic carbocycles. The van der Waals surface area contributed by atoms with E-state index in [-0.39, 0.29) is 31.0 Å². The molecule has 0 aliphatic carbocycles. The second-order valence-electron chi connectivity index (χ2n) is 7.24. The fourth-order valence-corrected chi connectivity index (χ4v) is 3.48. The molecule has 3 aromatic rings. The summed E-state index contributed by atoms with van der Waals surface area (Å²) in [5.41, 5.74) is 2.80. The molecule has 8 heteroatoms. The van der Waals surface area contributed by atoms with E-state index < -0.39 is 17.7 Å². The first-order valence-electron chi connectivity index (χ1n) is 9.70. The molecule has 3 rings (SSSR count). The number of carbonyl (C=O) groups excluding carboxylic acids is 2. The van der Waals surface area contributed by atoms with Crippen LogP contribution in [0.5, 0.6) is 5.75 Å². The summed E-state index contributed by atoms with van der Waals surface area (Å²) in [6.45, 7) is 3.59. The molecule has 1 heterocycles. The largest absolute Gasteiger partial charge is 0.494 e. The average molecular weight is 426 g/mol. The lowest BCUT2D eigenvalue weighted by atomic mass is 10.1. The van der Waals surface area contributed by atoms with Crippen molar-refractivity contribution in [2.45, 2.75) is 26.7 Å². The summed E-state index contributed by atoms with van der Waals surface area (Å²) >= 11 is 0. The van der Waals surface area contributed by atoms with Crippen LogP contribution < -0.4 is 10.1 Å². The topological polar surface area (TPSA) is 97.6 Å². The lowest BCUT2D eigenvalue weighted by Gasteiger charge is -2.09. The molecule has 7 nitrogen and oxygen atoms in total. The Balaban J connectivity index is 2.08. The van der Waals surface area contributed by atoms with E-state index in [2.05, 4.69) is 5.32 Å². The zero-order valence-electron chi connectivity index (χ0n) is 17.5. The molecule has 0 aliphatic rings. The van der Waals surface area contributed by atoms with Gasteiger partial charge in [0, 0.05) is 29.3 Å². The van der Waals surface area contributed by atoms with Crippen molar-refractivity contribution in [3.8, 4) is 5.75 Å². The number of benzene rings is 2. The number of aromatic nitrogens is 1. The number of carboxylic acid groups (broad SMARTS) is 1. The van der Waals surface area contributed by atoms with E-state index in [4.69, 9.17) is 9.84 Å². The molecular formula is C23H23FN2O5.